The number of carbonyl (C=O) groups is 2. The fraction of sp³-hybridized carbons (Fsp3) is 0.692. The Kier molecular flexibility index (Phi) is 8.79. The van der Waals surface area contributed by atoms with Crippen LogP contribution in [0.2, 0.25) is 0 Å². The van der Waals surface area contributed by atoms with Gasteiger partial charge in [0, 0.05) is 0 Å². The molecule has 8 nitrogen and oxygen atoms in total. The van der Waals surface area contributed by atoms with Crippen molar-refractivity contribution in [1.29, 1.82) is 0 Å². The van der Waals surface area contributed by atoms with E-state index in [0.29, 0.717) is 0 Å². The highest BCUT2D eigenvalue weighted by molar-refractivity contribution is 7.86. The molecule has 176 valence electrons. The molecule has 0 bridgehead atoms. The minimum absolute atomic E-state index is 0.121. The summed E-state index contributed by atoms with van der Waals surface area (Å²) < 4.78 is 145. The van der Waals surface area contributed by atoms with Crippen LogP contribution in [-0.4, -0.2) is 61.5 Å². The minimum Gasteiger partial charge on any atom is -0.461 e. The fourth-order valence-corrected chi connectivity index (χ4v) is 1.77. The van der Waals surface area contributed by atoms with Gasteiger partial charge in [0.25, 0.3) is 0 Å². The molecule has 0 aliphatic heterocycles. The maximum atomic E-state index is 13.5. The van der Waals surface area contributed by atoms with Gasteiger partial charge < -0.3 is 14.2 Å². The number of alkyl halides is 8. The van der Waals surface area contributed by atoms with Crippen LogP contribution in [0, 0.1) is 0 Å². The zero-order valence-corrected chi connectivity index (χ0v) is 15.6. The van der Waals surface area contributed by atoms with Gasteiger partial charge in [-0.1, -0.05) is 13.5 Å². The SMILES string of the molecule is C=C(C(=O)OC(OCCC(F)(F)S(=O)(=O)O)(C(=O)OCCC)C(F)(F)F)C(F)(F)F. The van der Waals surface area contributed by atoms with Crippen molar-refractivity contribution in [1.82, 2.24) is 0 Å². The number of rotatable bonds is 10. The highest BCUT2D eigenvalue weighted by atomic mass is 32.2. The summed E-state index contributed by atoms with van der Waals surface area (Å²) in [5.41, 5.74) is -2.51. The molecule has 0 spiro atoms. The van der Waals surface area contributed by atoms with Crippen LogP contribution in [-0.2, 0) is 33.9 Å². The predicted molar refractivity (Wildman–Crippen MR) is 78.4 cm³/mol. The first-order valence-electron chi connectivity index (χ1n) is 7.45. The van der Waals surface area contributed by atoms with Crippen molar-refractivity contribution in [2.75, 3.05) is 13.2 Å². The molecule has 0 radical (unpaired) electrons. The van der Waals surface area contributed by atoms with E-state index in [1.807, 2.05) is 0 Å². The monoisotopic (exact) mass is 482 g/mol. The molecule has 1 atom stereocenters. The fourth-order valence-electron chi connectivity index (χ4n) is 1.43. The van der Waals surface area contributed by atoms with E-state index in [1.54, 1.807) is 0 Å². The highest BCUT2D eigenvalue weighted by Gasteiger charge is 2.68. The summed E-state index contributed by atoms with van der Waals surface area (Å²) in [7, 11) is -6.13. The molecule has 0 fully saturated rings. The predicted octanol–water partition coefficient (Wildman–Crippen LogP) is 2.75. The highest BCUT2D eigenvalue weighted by Crippen LogP contribution is 2.39. The average Bonchev–Trinajstić information content (AvgIpc) is 2.54. The van der Waals surface area contributed by atoms with Crippen LogP contribution in [0.15, 0.2) is 12.2 Å². The van der Waals surface area contributed by atoms with Crippen molar-refractivity contribution < 1.29 is 71.9 Å². The molecule has 30 heavy (non-hydrogen) atoms. The molecule has 0 aromatic carbocycles. The van der Waals surface area contributed by atoms with Crippen LogP contribution < -0.4 is 0 Å². The van der Waals surface area contributed by atoms with Crippen molar-refractivity contribution in [2.24, 2.45) is 0 Å². The lowest BCUT2D eigenvalue weighted by atomic mass is 10.2. The Morgan fingerprint density at radius 2 is 1.50 bits per heavy atom. The quantitative estimate of drug-likeness (QED) is 0.166. The van der Waals surface area contributed by atoms with Crippen molar-refractivity contribution in [3.8, 4) is 0 Å². The lowest BCUT2D eigenvalue weighted by Crippen LogP contribution is -2.59. The van der Waals surface area contributed by atoms with Crippen LogP contribution in [0.25, 0.3) is 0 Å². The van der Waals surface area contributed by atoms with Crippen molar-refractivity contribution in [3.05, 3.63) is 12.2 Å². The second kappa shape index (κ2) is 9.42. The Hall–Kier alpha value is -2.01. The molecule has 0 aliphatic rings. The molecule has 0 rings (SSSR count). The van der Waals surface area contributed by atoms with Gasteiger partial charge in [0.1, 0.15) is 5.57 Å². The summed E-state index contributed by atoms with van der Waals surface area (Å²) in [5, 5.41) is -5.07. The summed E-state index contributed by atoms with van der Waals surface area (Å²) in [6.07, 6.45) is -14.1. The van der Waals surface area contributed by atoms with E-state index in [2.05, 4.69) is 20.8 Å². The Morgan fingerprint density at radius 3 is 1.87 bits per heavy atom. The van der Waals surface area contributed by atoms with E-state index in [0.717, 1.165) is 0 Å². The van der Waals surface area contributed by atoms with Gasteiger partial charge in [-0.25, -0.2) is 9.59 Å². The van der Waals surface area contributed by atoms with E-state index < -0.39 is 70.7 Å². The van der Waals surface area contributed by atoms with Gasteiger partial charge in [-0.15, -0.1) is 0 Å². The van der Waals surface area contributed by atoms with Crippen molar-refractivity contribution in [3.63, 3.8) is 0 Å². The van der Waals surface area contributed by atoms with Gasteiger partial charge in [-0.05, 0) is 6.42 Å². The molecule has 0 aromatic rings. The van der Waals surface area contributed by atoms with Gasteiger partial charge in [-0.2, -0.15) is 43.5 Å². The van der Waals surface area contributed by atoms with Crippen molar-refractivity contribution in [2.45, 2.75) is 43.2 Å². The normalized spacial score (nSPS) is 15.3. The Morgan fingerprint density at radius 1 is 1.00 bits per heavy atom. The second-order valence-electron chi connectivity index (χ2n) is 5.33. The maximum absolute atomic E-state index is 13.5. The maximum Gasteiger partial charge on any atom is 0.468 e. The lowest BCUT2D eigenvalue weighted by Gasteiger charge is -2.32. The van der Waals surface area contributed by atoms with E-state index in [-0.39, 0.29) is 6.42 Å². The second-order valence-corrected chi connectivity index (χ2v) is 6.87. The Balaban J connectivity index is 6.06. The van der Waals surface area contributed by atoms with Gasteiger partial charge in [0.05, 0.1) is 19.6 Å². The third kappa shape index (κ3) is 6.76. The molecule has 0 aromatic heterocycles. The summed E-state index contributed by atoms with van der Waals surface area (Å²) >= 11 is 0. The van der Waals surface area contributed by atoms with Crippen LogP contribution >= 0.6 is 0 Å². The van der Waals surface area contributed by atoms with E-state index in [4.69, 9.17) is 4.55 Å². The molecule has 0 amide bonds. The summed E-state index contributed by atoms with van der Waals surface area (Å²) in [4.78, 5) is 23.3. The first-order chi connectivity index (χ1) is 13.2. The number of hydrogen-bond acceptors (Lipinski definition) is 7. The molecule has 1 N–H and O–H groups in total. The molecular weight excluding hydrogens is 468 g/mol. The molecule has 0 saturated heterocycles. The topological polar surface area (TPSA) is 116 Å². The number of halogens is 8. The van der Waals surface area contributed by atoms with Gasteiger partial charge >= 0.3 is 45.5 Å². The van der Waals surface area contributed by atoms with Gasteiger partial charge in [0.15, 0.2) is 0 Å². The Labute approximate surface area is 163 Å². The van der Waals surface area contributed by atoms with E-state index in [1.165, 1.54) is 6.92 Å². The van der Waals surface area contributed by atoms with Crippen LogP contribution in [0.5, 0.6) is 0 Å². The molecule has 0 heterocycles. The molecular formula is C13H14F8O8S. The summed E-state index contributed by atoms with van der Waals surface area (Å²) in [5.74, 6) is -10.5. The van der Waals surface area contributed by atoms with Gasteiger partial charge in [-0.3, -0.25) is 4.55 Å². The lowest BCUT2D eigenvalue weighted by molar-refractivity contribution is -0.356. The van der Waals surface area contributed by atoms with Crippen molar-refractivity contribution >= 4 is 22.1 Å². The first kappa shape index (κ1) is 28.0. The van der Waals surface area contributed by atoms with Crippen LogP contribution in [0.3, 0.4) is 0 Å². The first-order valence-corrected chi connectivity index (χ1v) is 8.89. The zero-order valence-electron chi connectivity index (χ0n) is 14.8. The average molecular weight is 482 g/mol. The number of ether oxygens (including phenoxy) is 3. The largest absolute Gasteiger partial charge is 0.468 e. The van der Waals surface area contributed by atoms with E-state index >= 15 is 0 Å². The number of carbonyl (C=O) groups excluding carboxylic acids is 2. The van der Waals surface area contributed by atoms with E-state index in [9.17, 15) is 53.1 Å². The standard InChI is InChI=1S/C13H14F8O8S/c1-3-5-27-9(23)11(13(19,20)21,29-8(22)7(2)12(16,17)18)28-6-4-10(14,15)30(24,25)26/h2-6H2,1H3,(H,24,25,26). The molecule has 1 unspecified atom stereocenters. The minimum atomic E-state index is -6.17. The van der Waals surface area contributed by atoms with Crippen LogP contribution in [0.4, 0.5) is 35.1 Å². The zero-order chi connectivity index (χ0) is 24.2. The Bertz CT molecular complexity index is 758. The third-order valence-corrected chi connectivity index (χ3v) is 3.94. The molecule has 17 heteroatoms. The van der Waals surface area contributed by atoms with Gasteiger partial charge in [0.2, 0.25) is 0 Å². The smallest absolute Gasteiger partial charge is 0.461 e. The third-order valence-electron chi connectivity index (χ3n) is 2.98. The summed E-state index contributed by atoms with van der Waals surface area (Å²) in [6, 6.07) is 0. The molecule has 0 aliphatic carbocycles. The summed E-state index contributed by atoms with van der Waals surface area (Å²) in [6.45, 7) is 0.623. The molecule has 0 saturated carbocycles. The number of hydrogen-bond donors (Lipinski definition) is 1. The van der Waals surface area contributed by atoms with Crippen LogP contribution in [0.1, 0.15) is 19.8 Å². The number of esters is 2.